The molecule has 1 aliphatic heterocycles. The predicted octanol–water partition coefficient (Wildman–Crippen LogP) is 3.07. The molecule has 0 unspecified atom stereocenters. The maximum absolute atomic E-state index is 13.3. The first kappa shape index (κ1) is 19.0. The van der Waals surface area contributed by atoms with Crippen molar-refractivity contribution in [2.24, 2.45) is 0 Å². The van der Waals surface area contributed by atoms with Crippen molar-refractivity contribution in [1.29, 1.82) is 0 Å². The van der Waals surface area contributed by atoms with Gasteiger partial charge in [-0.05, 0) is 35.4 Å². The number of H-pyrrole nitrogens is 1. The lowest BCUT2D eigenvalue weighted by Crippen LogP contribution is -2.31. The lowest BCUT2D eigenvalue weighted by Gasteiger charge is -2.19. The van der Waals surface area contributed by atoms with E-state index >= 15 is 0 Å². The normalized spacial score (nSPS) is 13.1. The van der Waals surface area contributed by atoms with Crippen LogP contribution in [0.25, 0.3) is 11.1 Å². The summed E-state index contributed by atoms with van der Waals surface area (Å²) in [5, 5.41) is 6.73. The first-order valence-electron chi connectivity index (χ1n) is 8.51. The number of benzene rings is 2. The molecule has 3 aromatic rings. The predicted molar refractivity (Wildman–Crippen MR) is 98.6 cm³/mol. The highest BCUT2D eigenvalue weighted by Crippen LogP contribution is 2.25. The summed E-state index contributed by atoms with van der Waals surface area (Å²) >= 11 is 0. The lowest BCUT2D eigenvalue weighted by molar-refractivity contribution is -0.191. The molecule has 2 aromatic carbocycles. The molecule has 0 bridgehead atoms. The maximum Gasteiger partial charge on any atom is 0.373 e. The highest BCUT2D eigenvalue weighted by molar-refractivity contribution is 5.94. The van der Waals surface area contributed by atoms with Gasteiger partial charge in [-0.3, -0.25) is 10.00 Å². The third kappa shape index (κ3) is 4.31. The van der Waals surface area contributed by atoms with Crippen molar-refractivity contribution in [3.05, 3.63) is 72.3 Å². The summed E-state index contributed by atoms with van der Waals surface area (Å²) in [6, 6.07) is 14.1. The van der Waals surface area contributed by atoms with E-state index in [0.29, 0.717) is 19.6 Å². The van der Waals surface area contributed by atoms with Gasteiger partial charge in [0, 0.05) is 37.1 Å². The van der Waals surface area contributed by atoms with Gasteiger partial charge in [-0.1, -0.05) is 24.3 Å². The minimum absolute atomic E-state index is 0.0553. The van der Waals surface area contributed by atoms with Crippen LogP contribution in [0.3, 0.4) is 0 Å². The Labute approximate surface area is 160 Å². The number of carbonyl (C=O) groups is 1. The number of nitrogens with zero attached hydrogens (tertiary/aromatic N) is 3. The first-order valence-corrected chi connectivity index (χ1v) is 8.51. The zero-order chi connectivity index (χ0) is 19.9. The Hall–Kier alpha value is -3.77. The number of carbonyl (C=O) groups excluding carboxylic acids is 3. The molecule has 0 radical (unpaired) electrons. The molecule has 1 aromatic heterocycles. The number of rotatable bonds is 4. The highest BCUT2D eigenvalue weighted by atomic mass is 19.1. The number of anilines is 1. The molecule has 28 heavy (non-hydrogen) atoms. The molecule has 2 amide bonds. The van der Waals surface area contributed by atoms with E-state index in [9.17, 15) is 9.18 Å². The average molecular weight is 380 g/mol. The van der Waals surface area contributed by atoms with Crippen molar-refractivity contribution in [2.45, 2.75) is 6.54 Å². The minimum Gasteiger partial charge on any atom is -0.318 e. The van der Waals surface area contributed by atoms with Crippen LogP contribution in [0.5, 0.6) is 0 Å². The van der Waals surface area contributed by atoms with Gasteiger partial charge in [-0.15, -0.1) is 0 Å². The van der Waals surface area contributed by atoms with Crippen LogP contribution in [0.4, 0.5) is 14.9 Å². The second kappa shape index (κ2) is 8.75. The van der Waals surface area contributed by atoms with Crippen molar-refractivity contribution < 1.29 is 18.8 Å². The highest BCUT2D eigenvalue weighted by Gasteiger charge is 2.29. The molecule has 4 rings (SSSR count). The van der Waals surface area contributed by atoms with Gasteiger partial charge in [-0.25, -0.2) is 9.18 Å². The van der Waals surface area contributed by atoms with E-state index in [-0.39, 0.29) is 18.0 Å². The maximum atomic E-state index is 13.3. The van der Waals surface area contributed by atoms with Gasteiger partial charge < -0.3 is 4.90 Å². The summed E-state index contributed by atoms with van der Waals surface area (Å²) in [6.07, 6.45) is 3.84. The molecule has 2 heterocycles. The summed E-state index contributed by atoms with van der Waals surface area (Å²) in [4.78, 5) is 32.4. The van der Waals surface area contributed by atoms with Crippen LogP contribution in [0, 0.1) is 5.82 Å². The zero-order valence-corrected chi connectivity index (χ0v) is 14.8. The third-order valence-corrected chi connectivity index (χ3v) is 4.37. The summed E-state index contributed by atoms with van der Waals surface area (Å²) in [7, 11) is 0. The first-order chi connectivity index (χ1) is 13.6. The van der Waals surface area contributed by atoms with Crippen molar-refractivity contribution in [3.8, 4) is 11.1 Å². The number of aromatic nitrogens is 2. The molecule has 1 aliphatic rings. The van der Waals surface area contributed by atoms with Gasteiger partial charge in [0.1, 0.15) is 5.82 Å². The number of halogens is 1. The molecule has 1 fully saturated rings. The Balaban J connectivity index is 0.000000706. The molecule has 1 N–H and O–H groups in total. The molecule has 0 spiro atoms. The van der Waals surface area contributed by atoms with E-state index in [2.05, 4.69) is 10.2 Å². The fraction of sp³-hybridized carbons (Fsp3) is 0.150. The van der Waals surface area contributed by atoms with E-state index in [4.69, 9.17) is 9.59 Å². The second-order valence-corrected chi connectivity index (χ2v) is 6.10. The Morgan fingerprint density at radius 2 is 1.82 bits per heavy atom. The van der Waals surface area contributed by atoms with Gasteiger partial charge >= 0.3 is 12.2 Å². The average Bonchev–Trinajstić information content (AvgIpc) is 3.34. The van der Waals surface area contributed by atoms with Crippen molar-refractivity contribution in [1.82, 2.24) is 15.1 Å². The fourth-order valence-electron chi connectivity index (χ4n) is 3.07. The zero-order valence-electron chi connectivity index (χ0n) is 14.8. The van der Waals surface area contributed by atoms with Crippen LogP contribution in [0.15, 0.2) is 60.9 Å². The molecule has 8 heteroatoms. The van der Waals surface area contributed by atoms with Gasteiger partial charge in [0.05, 0.1) is 6.20 Å². The molecule has 7 nitrogen and oxygen atoms in total. The van der Waals surface area contributed by atoms with Crippen LogP contribution < -0.4 is 4.90 Å². The third-order valence-electron chi connectivity index (χ3n) is 4.37. The monoisotopic (exact) mass is 380 g/mol. The Morgan fingerprint density at radius 3 is 2.46 bits per heavy atom. The standard InChI is InChI=1S/C19H17FN4O.CO2/c20-17-3-1-2-14(10-17)13-23-8-9-24(19(23)25)18-6-4-15(5-7-18)16-11-21-22-12-16;2-1-3/h1-7,10-12H,8-9,13H2,(H,21,22);. The lowest BCUT2D eigenvalue weighted by atomic mass is 10.1. The van der Waals surface area contributed by atoms with Crippen molar-refractivity contribution >= 4 is 17.9 Å². The molecular formula is C20H17FN4O3. The Bertz CT molecular complexity index is 967. The fourth-order valence-corrected chi connectivity index (χ4v) is 3.07. The van der Waals surface area contributed by atoms with Crippen LogP contribution in [0.1, 0.15) is 5.56 Å². The number of urea groups is 1. The van der Waals surface area contributed by atoms with E-state index in [1.165, 1.54) is 12.1 Å². The van der Waals surface area contributed by atoms with Gasteiger partial charge in [0.25, 0.3) is 0 Å². The van der Waals surface area contributed by atoms with E-state index in [0.717, 1.165) is 22.4 Å². The summed E-state index contributed by atoms with van der Waals surface area (Å²) in [5.74, 6) is -0.282. The van der Waals surface area contributed by atoms with E-state index in [1.807, 2.05) is 36.5 Å². The van der Waals surface area contributed by atoms with Crippen LogP contribution >= 0.6 is 0 Å². The largest absolute Gasteiger partial charge is 0.373 e. The van der Waals surface area contributed by atoms with Gasteiger partial charge in [-0.2, -0.15) is 14.7 Å². The molecule has 0 aliphatic carbocycles. The SMILES string of the molecule is O=C1N(Cc2cccc(F)c2)CCN1c1ccc(-c2cn[nH]c2)cc1.O=C=O. The quantitative estimate of drug-likeness (QED) is 0.754. The summed E-state index contributed by atoms with van der Waals surface area (Å²) in [6.45, 7) is 1.66. The molecule has 1 saturated heterocycles. The van der Waals surface area contributed by atoms with Gasteiger partial charge in [0.15, 0.2) is 0 Å². The van der Waals surface area contributed by atoms with Crippen LogP contribution in [0.2, 0.25) is 0 Å². The summed E-state index contributed by atoms with van der Waals surface area (Å²) < 4.78 is 13.3. The number of nitrogens with one attached hydrogen (secondary N) is 1. The minimum atomic E-state index is -0.282. The summed E-state index contributed by atoms with van der Waals surface area (Å²) in [5.41, 5.74) is 3.71. The molecule has 142 valence electrons. The van der Waals surface area contributed by atoms with Crippen LogP contribution in [-0.4, -0.2) is 40.4 Å². The van der Waals surface area contributed by atoms with Crippen molar-refractivity contribution in [3.63, 3.8) is 0 Å². The topological polar surface area (TPSA) is 86.4 Å². The number of aromatic amines is 1. The van der Waals surface area contributed by atoms with Gasteiger partial charge in [0.2, 0.25) is 0 Å². The molecule has 0 saturated carbocycles. The Morgan fingerprint density at radius 1 is 1.07 bits per heavy atom. The molecular weight excluding hydrogens is 363 g/mol. The van der Waals surface area contributed by atoms with E-state index < -0.39 is 0 Å². The van der Waals surface area contributed by atoms with Crippen molar-refractivity contribution in [2.75, 3.05) is 18.0 Å². The number of amides is 2. The Kier molecular flexibility index (Phi) is 5.94. The van der Waals surface area contributed by atoms with E-state index in [1.54, 1.807) is 22.1 Å². The van der Waals surface area contributed by atoms with Crippen LogP contribution in [-0.2, 0) is 16.1 Å². The second-order valence-electron chi connectivity index (χ2n) is 6.10. The molecule has 0 atom stereocenters. The number of hydrogen-bond donors (Lipinski definition) is 1. The smallest absolute Gasteiger partial charge is 0.318 e. The number of hydrogen-bond acceptors (Lipinski definition) is 4.